The number of hydrogen-bond acceptors (Lipinski definition) is 4. The Bertz CT molecular complexity index is 228. The highest BCUT2D eigenvalue weighted by Gasteiger charge is 2.23. The van der Waals surface area contributed by atoms with Crippen molar-refractivity contribution in [1.82, 2.24) is 9.80 Å². The van der Waals surface area contributed by atoms with E-state index in [4.69, 9.17) is 4.74 Å². The molecule has 1 aliphatic rings. The van der Waals surface area contributed by atoms with E-state index in [1.54, 1.807) is 0 Å². The molecule has 0 N–H and O–H groups in total. The first kappa shape index (κ1) is 13.5. The van der Waals surface area contributed by atoms with Gasteiger partial charge >= 0.3 is 5.97 Å². The maximum Gasteiger partial charge on any atom is 0.311 e. The lowest BCUT2D eigenvalue weighted by Gasteiger charge is -2.32. The average Bonchev–Trinajstić information content (AvgIpc) is 2.19. The first-order chi connectivity index (χ1) is 7.39. The summed E-state index contributed by atoms with van der Waals surface area (Å²) in [5.41, 5.74) is -0.387. The lowest BCUT2D eigenvalue weighted by Crippen LogP contribution is -2.45. The van der Waals surface area contributed by atoms with Crippen molar-refractivity contribution in [3.63, 3.8) is 0 Å². The molecule has 16 heavy (non-hydrogen) atoms. The largest absolute Gasteiger partial charge is 0.464 e. The van der Waals surface area contributed by atoms with Crippen LogP contribution in [-0.2, 0) is 9.53 Å². The van der Waals surface area contributed by atoms with Gasteiger partial charge in [-0.15, -0.1) is 0 Å². The Morgan fingerprint density at radius 2 is 1.75 bits per heavy atom. The molecule has 1 rings (SSSR count). The Labute approximate surface area is 98.5 Å². The molecule has 0 bridgehead atoms. The first-order valence-electron chi connectivity index (χ1n) is 5.98. The Morgan fingerprint density at radius 3 is 2.25 bits per heavy atom. The second-order valence-corrected chi connectivity index (χ2v) is 5.53. The number of carbonyl (C=O) groups excluding carboxylic acids is 1. The summed E-state index contributed by atoms with van der Waals surface area (Å²) < 4.78 is 5.24. The van der Waals surface area contributed by atoms with Gasteiger partial charge in [-0.25, -0.2) is 0 Å². The van der Waals surface area contributed by atoms with Crippen molar-refractivity contribution in [2.45, 2.75) is 20.8 Å². The molecule has 1 heterocycles. The van der Waals surface area contributed by atoms with E-state index in [0.717, 1.165) is 32.7 Å². The Balaban J connectivity index is 2.14. The lowest BCUT2D eigenvalue weighted by molar-refractivity contribution is -0.153. The molecule has 0 aromatic heterocycles. The molecule has 0 aromatic rings. The van der Waals surface area contributed by atoms with Crippen molar-refractivity contribution < 1.29 is 9.53 Å². The number of piperazine rings is 1. The number of rotatable bonds is 3. The molecule has 0 atom stereocenters. The van der Waals surface area contributed by atoms with Gasteiger partial charge in [-0.1, -0.05) is 0 Å². The van der Waals surface area contributed by atoms with E-state index >= 15 is 0 Å². The van der Waals surface area contributed by atoms with Gasteiger partial charge in [-0.2, -0.15) is 0 Å². The maximum absolute atomic E-state index is 11.5. The van der Waals surface area contributed by atoms with Crippen LogP contribution in [0.25, 0.3) is 0 Å². The molecule has 0 spiro atoms. The summed E-state index contributed by atoms with van der Waals surface area (Å²) in [5.74, 6) is -0.110. The zero-order valence-electron chi connectivity index (χ0n) is 11.0. The number of carbonyl (C=O) groups is 1. The fourth-order valence-corrected chi connectivity index (χ4v) is 1.56. The molecule has 1 saturated heterocycles. The zero-order valence-corrected chi connectivity index (χ0v) is 11.0. The fourth-order valence-electron chi connectivity index (χ4n) is 1.56. The molecule has 0 saturated carbocycles. The van der Waals surface area contributed by atoms with Crippen LogP contribution in [0.2, 0.25) is 0 Å². The quantitative estimate of drug-likeness (QED) is 0.670. The van der Waals surface area contributed by atoms with Crippen LogP contribution in [0.3, 0.4) is 0 Å². The molecular formula is C12H24N2O2. The van der Waals surface area contributed by atoms with E-state index in [1.807, 2.05) is 20.8 Å². The standard InChI is InChI=1S/C12H24N2O2/c1-12(2,3)11(15)16-10-9-14-7-5-13(4)6-8-14/h5-10H2,1-4H3. The molecule has 0 radical (unpaired) electrons. The maximum atomic E-state index is 11.5. The highest BCUT2D eigenvalue weighted by molar-refractivity contribution is 5.75. The van der Waals surface area contributed by atoms with Crippen LogP contribution >= 0.6 is 0 Å². The summed E-state index contributed by atoms with van der Waals surface area (Å²) in [7, 11) is 2.14. The summed E-state index contributed by atoms with van der Waals surface area (Å²) >= 11 is 0. The summed E-state index contributed by atoms with van der Waals surface area (Å²) in [6.07, 6.45) is 0. The van der Waals surface area contributed by atoms with Crippen molar-refractivity contribution in [3.8, 4) is 0 Å². The Hall–Kier alpha value is -0.610. The van der Waals surface area contributed by atoms with Gasteiger partial charge in [-0.3, -0.25) is 9.69 Å². The molecule has 0 aromatic carbocycles. The van der Waals surface area contributed by atoms with Crippen LogP contribution in [0, 0.1) is 5.41 Å². The topological polar surface area (TPSA) is 32.8 Å². The minimum absolute atomic E-state index is 0.110. The molecular weight excluding hydrogens is 204 g/mol. The molecule has 1 fully saturated rings. The zero-order chi connectivity index (χ0) is 12.2. The first-order valence-corrected chi connectivity index (χ1v) is 5.98. The Kier molecular flexibility index (Phi) is 4.74. The molecule has 1 aliphatic heterocycles. The fraction of sp³-hybridized carbons (Fsp3) is 0.917. The van der Waals surface area contributed by atoms with Crippen LogP contribution in [-0.4, -0.2) is 62.1 Å². The van der Waals surface area contributed by atoms with Crippen molar-refractivity contribution >= 4 is 5.97 Å². The third-order valence-corrected chi connectivity index (χ3v) is 2.85. The lowest BCUT2D eigenvalue weighted by atomic mass is 9.97. The summed E-state index contributed by atoms with van der Waals surface area (Å²) in [6, 6.07) is 0. The normalized spacial score (nSPS) is 19.8. The predicted molar refractivity (Wildman–Crippen MR) is 64.4 cm³/mol. The summed E-state index contributed by atoms with van der Waals surface area (Å²) in [4.78, 5) is 16.2. The van der Waals surface area contributed by atoms with Crippen molar-refractivity contribution in [1.29, 1.82) is 0 Å². The van der Waals surface area contributed by atoms with E-state index in [1.165, 1.54) is 0 Å². The van der Waals surface area contributed by atoms with Gasteiger partial charge in [0, 0.05) is 32.7 Å². The van der Waals surface area contributed by atoms with E-state index in [9.17, 15) is 4.79 Å². The minimum Gasteiger partial charge on any atom is -0.464 e. The molecule has 0 unspecified atom stereocenters. The van der Waals surface area contributed by atoms with E-state index in [-0.39, 0.29) is 11.4 Å². The van der Waals surface area contributed by atoms with Crippen LogP contribution in [0.1, 0.15) is 20.8 Å². The van der Waals surface area contributed by atoms with Crippen LogP contribution in [0.4, 0.5) is 0 Å². The van der Waals surface area contributed by atoms with Gasteiger partial charge in [-0.05, 0) is 27.8 Å². The van der Waals surface area contributed by atoms with E-state index < -0.39 is 0 Å². The highest BCUT2D eigenvalue weighted by atomic mass is 16.5. The minimum atomic E-state index is -0.387. The number of likely N-dealkylation sites (N-methyl/N-ethyl adjacent to an activating group) is 1. The second-order valence-electron chi connectivity index (χ2n) is 5.53. The van der Waals surface area contributed by atoms with Crippen molar-refractivity contribution in [2.75, 3.05) is 46.4 Å². The number of esters is 1. The highest BCUT2D eigenvalue weighted by Crippen LogP contribution is 2.14. The van der Waals surface area contributed by atoms with Gasteiger partial charge in [0.25, 0.3) is 0 Å². The number of nitrogens with zero attached hydrogens (tertiary/aromatic N) is 2. The van der Waals surface area contributed by atoms with Crippen molar-refractivity contribution in [3.05, 3.63) is 0 Å². The van der Waals surface area contributed by atoms with E-state index in [0.29, 0.717) is 6.61 Å². The molecule has 94 valence electrons. The third kappa shape index (κ3) is 4.49. The predicted octanol–water partition coefficient (Wildman–Crippen LogP) is 0.823. The third-order valence-electron chi connectivity index (χ3n) is 2.85. The molecule has 0 aliphatic carbocycles. The molecule has 0 amide bonds. The number of hydrogen-bond donors (Lipinski definition) is 0. The van der Waals surface area contributed by atoms with Gasteiger partial charge in [0.1, 0.15) is 6.61 Å². The average molecular weight is 228 g/mol. The van der Waals surface area contributed by atoms with Crippen LogP contribution < -0.4 is 0 Å². The summed E-state index contributed by atoms with van der Waals surface area (Å²) in [6.45, 7) is 11.4. The van der Waals surface area contributed by atoms with Gasteiger partial charge < -0.3 is 9.64 Å². The van der Waals surface area contributed by atoms with E-state index in [2.05, 4.69) is 16.8 Å². The molecule has 4 nitrogen and oxygen atoms in total. The van der Waals surface area contributed by atoms with Crippen LogP contribution in [0.5, 0.6) is 0 Å². The van der Waals surface area contributed by atoms with Gasteiger partial charge in [0.05, 0.1) is 5.41 Å². The smallest absolute Gasteiger partial charge is 0.311 e. The number of ether oxygens (including phenoxy) is 1. The monoisotopic (exact) mass is 228 g/mol. The summed E-state index contributed by atoms with van der Waals surface area (Å²) in [5, 5.41) is 0. The van der Waals surface area contributed by atoms with Gasteiger partial charge in [0.15, 0.2) is 0 Å². The Morgan fingerprint density at radius 1 is 1.19 bits per heavy atom. The van der Waals surface area contributed by atoms with Crippen molar-refractivity contribution in [2.24, 2.45) is 5.41 Å². The molecule has 4 heteroatoms. The van der Waals surface area contributed by atoms with Crippen LogP contribution in [0.15, 0.2) is 0 Å². The second kappa shape index (κ2) is 5.64. The van der Waals surface area contributed by atoms with Gasteiger partial charge in [0.2, 0.25) is 0 Å². The SMILES string of the molecule is CN1CCN(CCOC(=O)C(C)(C)C)CC1.